The van der Waals surface area contributed by atoms with Crippen LogP contribution in [0.15, 0.2) is 47.8 Å². The summed E-state index contributed by atoms with van der Waals surface area (Å²) in [6, 6.07) is 12.4. The number of nitrogens with zero attached hydrogens (tertiary/aromatic N) is 1. The molecule has 2 amide bonds. The van der Waals surface area contributed by atoms with E-state index in [2.05, 4.69) is 15.6 Å². The van der Waals surface area contributed by atoms with Gasteiger partial charge in [0.05, 0.1) is 30.9 Å². The van der Waals surface area contributed by atoms with E-state index >= 15 is 0 Å². The Morgan fingerprint density at radius 3 is 2.68 bits per heavy atom. The summed E-state index contributed by atoms with van der Waals surface area (Å²) in [6.45, 7) is 2.61. The molecule has 0 bridgehead atoms. The molecule has 31 heavy (non-hydrogen) atoms. The van der Waals surface area contributed by atoms with Crippen molar-refractivity contribution in [2.75, 3.05) is 19.0 Å². The summed E-state index contributed by atoms with van der Waals surface area (Å²) in [4.78, 5) is 28.8. The third kappa shape index (κ3) is 6.19. The number of aromatic nitrogens is 1. The Balaban J connectivity index is 1.55. The van der Waals surface area contributed by atoms with Gasteiger partial charge in [0.15, 0.2) is 16.6 Å². The van der Waals surface area contributed by atoms with E-state index in [0.717, 1.165) is 5.56 Å². The largest absolute Gasteiger partial charge is 0.493 e. The average molecular weight is 460 g/mol. The molecule has 162 valence electrons. The molecule has 9 heteroatoms. The lowest BCUT2D eigenvalue weighted by molar-refractivity contribution is -0.120. The summed E-state index contributed by atoms with van der Waals surface area (Å²) in [5, 5.41) is 8.19. The number of amides is 2. The van der Waals surface area contributed by atoms with Gasteiger partial charge < -0.3 is 14.8 Å². The Bertz CT molecular complexity index is 1060. The molecule has 0 aliphatic rings. The Morgan fingerprint density at radius 1 is 1.19 bits per heavy atom. The van der Waals surface area contributed by atoms with Crippen molar-refractivity contribution in [3.05, 3.63) is 69.7 Å². The van der Waals surface area contributed by atoms with Gasteiger partial charge in [0.1, 0.15) is 0 Å². The van der Waals surface area contributed by atoms with E-state index in [1.807, 2.05) is 13.0 Å². The van der Waals surface area contributed by atoms with E-state index in [9.17, 15) is 9.59 Å². The Kier molecular flexibility index (Phi) is 7.86. The second-order valence-corrected chi connectivity index (χ2v) is 7.72. The van der Waals surface area contributed by atoms with Crippen molar-refractivity contribution >= 4 is 39.9 Å². The van der Waals surface area contributed by atoms with Crippen LogP contribution in [0.3, 0.4) is 0 Å². The molecular formula is C22H22ClN3O4S. The van der Waals surface area contributed by atoms with Crippen LogP contribution in [0.5, 0.6) is 11.5 Å². The Hall–Kier alpha value is -3.10. The van der Waals surface area contributed by atoms with Gasteiger partial charge in [-0.05, 0) is 36.8 Å². The lowest BCUT2D eigenvalue weighted by Gasteiger charge is -2.13. The van der Waals surface area contributed by atoms with Crippen LogP contribution >= 0.6 is 22.9 Å². The molecule has 0 atom stereocenters. The lowest BCUT2D eigenvalue weighted by atomic mass is 10.2. The molecule has 0 saturated heterocycles. The van der Waals surface area contributed by atoms with Crippen LogP contribution in [0.2, 0.25) is 5.02 Å². The minimum Gasteiger partial charge on any atom is -0.493 e. The van der Waals surface area contributed by atoms with Gasteiger partial charge >= 0.3 is 0 Å². The molecule has 0 fully saturated rings. The van der Waals surface area contributed by atoms with Gasteiger partial charge in [0.25, 0.3) is 5.91 Å². The van der Waals surface area contributed by atoms with Gasteiger partial charge in [-0.25, -0.2) is 4.98 Å². The number of nitrogens with one attached hydrogen (secondary N) is 2. The Morgan fingerprint density at radius 2 is 1.97 bits per heavy atom. The summed E-state index contributed by atoms with van der Waals surface area (Å²) in [7, 11) is 1.53. The molecule has 1 aromatic heterocycles. The van der Waals surface area contributed by atoms with Gasteiger partial charge in [0.2, 0.25) is 5.91 Å². The number of ether oxygens (including phenoxy) is 2. The molecule has 0 aliphatic carbocycles. The van der Waals surface area contributed by atoms with Crippen molar-refractivity contribution in [1.29, 1.82) is 0 Å². The maximum Gasteiger partial charge on any atom is 0.257 e. The first-order chi connectivity index (χ1) is 15.0. The zero-order valence-electron chi connectivity index (χ0n) is 17.1. The monoisotopic (exact) mass is 459 g/mol. The summed E-state index contributed by atoms with van der Waals surface area (Å²) in [5.41, 5.74) is 1.90. The van der Waals surface area contributed by atoms with E-state index in [-0.39, 0.29) is 24.8 Å². The third-order valence-corrected chi connectivity index (χ3v) is 5.30. The van der Waals surface area contributed by atoms with Crippen LogP contribution < -0.4 is 20.1 Å². The highest BCUT2D eigenvalue weighted by molar-refractivity contribution is 7.14. The first-order valence-corrected chi connectivity index (χ1v) is 10.8. The molecule has 0 radical (unpaired) electrons. The normalized spacial score (nSPS) is 10.4. The number of methoxy groups -OCH3 is 1. The third-order valence-electron chi connectivity index (χ3n) is 4.22. The fourth-order valence-corrected chi connectivity index (χ4v) is 3.78. The molecule has 1 heterocycles. The van der Waals surface area contributed by atoms with E-state index in [1.165, 1.54) is 18.4 Å². The SMILES string of the molecule is CCOc1c(Cl)cc(CNC(=O)Cc2csc(NC(=O)c3ccccc3)n2)cc1OC. The fraction of sp³-hybridized carbons (Fsp3) is 0.227. The van der Waals surface area contributed by atoms with Crippen LogP contribution in [0.25, 0.3) is 0 Å². The maximum absolute atomic E-state index is 12.3. The zero-order valence-corrected chi connectivity index (χ0v) is 18.7. The molecule has 3 aromatic rings. The zero-order chi connectivity index (χ0) is 22.2. The van der Waals surface area contributed by atoms with E-state index in [0.29, 0.717) is 39.5 Å². The van der Waals surface area contributed by atoms with E-state index < -0.39 is 0 Å². The van der Waals surface area contributed by atoms with Crippen molar-refractivity contribution in [2.45, 2.75) is 19.9 Å². The standard InChI is InChI=1S/C22H22ClN3O4S/c1-3-30-20-17(23)9-14(10-18(20)29-2)12-24-19(27)11-16-13-31-22(25-16)26-21(28)15-7-5-4-6-8-15/h4-10,13H,3,11-12H2,1-2H3,(H,24,27)(H,25,26,28). The Labute approximate surface area is 189 Å². The first-order valence-electron chi connectivity index (χ1n) is 9.56. The lowest BCUT2D eigenvalue weighted by Crippen LogP contribution is -2.24. The van der Waals surface area contributed by atoms with Gasteiger partial charge in [-0.15, -0.1) is 11.3 Å². The van der Waals surface area contributed by atoms with Crippen LogP contribution in [0.1, 0.15) is 28.5 Å². The maximum atomic E-state index is 12.3. The highest BCUT2D eigenvalue weighted by atomic mass is 35.5. The molecule has 2 N–H and O–H groups in total. The number of halogens is 1. The number of hydrogen-bond acceptors (Lipinski definition) is 6. The van der Waals surface area contributed by atoms with Gasteiger partial charge in [0, 0.05) is 17.5 Å². The topological polar surface area (TPSA) is 89.6 Å². The second-order valence-electron chi connectivity index (χ2n) is 6.46. The highest BCUT2D eigenvalue weighted by Gasteiger charge is 2.14. The van der Waals surface area contributed by atoms with Crippen molar-refractivity contribution in [3.8, 4) is 11.5 Å². The van der Waals surface area contributed by atoms with Gasteiger partial charge in [-0.2, -0.15) is 0 Å². The van der Waals surface area contributed by atoms with Crippen molar-refractivity contribution in [2.24, 2.45) is 0 Å². The number of benzene rings is 2. The molecule has 0 unspecified atom stereocenters. The molecule has 2 aromatic carbocycles. The van der Waals surface area contributed by atoms with E-state index in [1.54, 1.807) is 41.8 Å². The minimum atomic E-state index is -0.243. The molecule has 0 spiro atoms. The predicted molar refractivity (Wildman–Crippen MR) is 121 cm³/mol. The van der Waals surface area contributed by atoms with Crippen LogP contribution in [0, 0.1) is 0 Å². The second kappa shape index (κ2) is 10.8. The van der Waals surface area contributed by atoms with Crippen molar-refractivity contribution in [3.63, 3.8) is 0 Å². The van der Waals surface area contributed by atoms with Gasteiger partial charge in [-0.3, -0.25) is 14.9 Å². The molecule has 3 rings (SSSR count). The molecular weight excluding hydrogens is 438 g/mol. The summed E-state index contributed by atoms with van der Waals surface area (Å²) in [6.07, 6.45) is 0.0968. The molecule has 7 nitrogen and oxygen atoms in total. The highest BCUT2D eigenvalue weighted by Crippen LogP contribution is 2.36. The fourth-order valence-electron chi connectivity index (χ4n) is 2.79. The average Bonchev–Trinajstić information content (AvgIpc) is 3.21. The van der Waals surface area contributed by atoms with Crippen LogP contribution in [-0.4, -0.2) is 30.5 Å². The van der Waals surface area contributed by atoms with Crippen molar-refractivity contribution < 1.29 is 19.1 Å². The number of thiazole rings is 1. The number of carbonyl (C=O) groups excluding carboxylic acids is 2. The van der Waals surface area contributed by atoms with Crippen LogP contribution in [-0.2, 0) is 17.8 Å². The quantitative estimate of drug-likeness (QED) is 0.497. The van der Waals surface area contributed by atoms with Crippen molar-refractivity contribution in [1.82, 2.24) is 10.3 Å². The minimum absolute atomic E-state index is 0.0968. The number of rotatable bonds is 9. The number of anilines is 1. The smallest absolute Gasteiger partial charge is 0.257 e. The summed E-state index contributed by atoms with van der Waals surface area (Å²) < 4.78 is 10.8. The first kappa shape index (κ1) is 22.6. The predicted octanol–water partition coefficient (Wildman–Crippen LogP) is 4.32. The molecule has 0 aliphatic heterocycles. The number of carbonyl (C=O) groups is 2. The van der Waals surface area contributed by atoms with Crippen LogP contribution in [0.4, 0.5) is 5.13 Å². The summed E-state index contributed by atoms with van der Waals surface area (Å²) in [5.74, 6) is 0.550. The summed E-state index contributed by atoms with van der Waals surface area (Å²) >= 11 is 7.54. The molecule has 0 saturated carbocycles. The van der Waals surface area contributed by atoms with E-state index in [4.69, 9.17) is 21.1 Å². The number of hydrogen-bond donors (Lipinski definition) is 2. The van der Waals surface area contributed by atoms with Gasteiger partial charge in [-0.1, -0.05) is 29.8 Å².